The fourth-order valence-electron chi connectivity index (χ4n) is 1.55. The Kier molecular flexibility index (Phi) is 2.74. The third-order valence-electron chi connectivity index (χ3n) is 3.03. The van der Waals surface area contributed by atoms with E-state index in [2.05, 4.69) is 17.6 Å². The standard InChI is InChI=1S/C10H18N2O2/c1-10(2-3-10)7-12-9(13)8-6-14-5-4-11-8/h8,11H,2-7H2,1H3,(H,12,13)/t8-/m1/s1. The van der Waals surface area contributed by atoms with Crippen LogP contribution < -0.4 is 10.6 Å². The summed E-state index contributed by atoms with van der Waals surface area (Å²) in [5.41, 5.74) is 0.380. The number of nitrogens with one attached hydrogen (secondary N) is 2. The predicted octanol–water partition coefficient (Wildman–Crippen LogP) is -0.109. The maximum atomic E-state index is 11.6. The molecule has 1 aliphatic heterocycles. The number of hydrogen-bond acceptors (Lipinski definition) is 3. The second-order valence-corrected chi connectivity index (χ2v) is 4.61. The van der Waals surface area contributed by atoms with Crippen molar-refractivity contribution in [3.8, 4) is 0 Å². The van der Waals surface area contributed by atoms with Gasteiger partial charge in [0.2, 0.25) is 5.91 Å². The first-order chi connectivity index (χ1) is 6.70. The highest BCUT2D eigenvalue weighted by Gasteiger charge is 2.37. The summed E-state index contributed by atoms with van der Waals surface area (Å²) in [4.78, 5) is 11.6. The highest BCUT2D eigenvalue weighted by atomic mass is 16.5. The van der Waals surface area contributed by atoms with Gasteiger partial charge in [0.15, 0.2) is 0 Å². The summed E-state index contributed by atoms with van der Waals surface area (Å²) in [5.74, 6) is 0.0813. The van der Waals surface area contributed by atoms with Crippen LogP contribution in [0.4, 0.5) is 0 Å². The maximum Gasteiger partial charge on any atom is 0.239 e. The van der Waals surface area contributed by atoms with Gasteiger partial charge in [0.05, 0.1) is 13.2 Å². The summed E-state index contributed by atoms with van der Waals surface area (Å²) in [6.07, 6.45) is 2.48. The fourth-order valence-corrected chi connectivity index (χ4v) is 1.55. The molecule has 14 heavy (non-hydrogen) atoms. The van der Waals surface area contributed by atoms with Crippen molar-refractivity contribution in [3.63, 3.8) is 0 Å². The van der Waals surface area contributed by atoms with Crippen molar-refractivity contribution in [2.75, 3.05) is 26.3 Å². The van der Waals surface area contributed by atoms with Crippen LogP contribution >= 0.6 is 0 Å². The van der Waals surface area contributed by atoms with Crippen molar-refractivity contribution in [2.24, 2.45) is 5.41 Å². The van der Waals surface area contributed by atoms with E-state index in [1.807, 2.05) is 0 Å². The maximum absolute atomic E-state index is 11.6. The van der Waals surface area contributed by atoms with Crippen LogP contribution in [0.15, 0.2) is 0 Å². The Morgan fingerprint density at radius 2 is 2.43 bits per heavy atom. The molecule has 0 unspecified atom stereocenters. The molecule has 1 heterocycles. The molecule has 2 aliphatic rings. The number of carbonyl (C=O) groups is 1. The molecule has 0 bridgehead atoms. The molecule has 4 nitrogen and oxygen atoms in total. The summed E-state index contributed by atoms with van der Waals surface area (Å²) in [6, 6.07) is -0.147. The lowest BCUT2D eigenvalue weighted by Crippen LogP contribution is -2.51. The number of ether oxygens (including phenoxy) is 1. The van der Waals surface area contributed by atoms with Gasteiger partial charge in [-0.1, -0.05) is 6.92 Å². The molecule has 1 aliphatic carbocycles. The van der Waals surface area contributed by atoms with Gasteiger partial charge in [-0.15, -0.1) is 0 Å². The smallest absolute Gasteiger partial charge is 0.239 e. The first-order valence-electron chi connectivity index (χ1n) is 5.28. The van der Waals surface area contributed by atoms with Gasteiger partial charge in [0.25, 0.3) is 0 Å². The van der Waals surface area contributed by atoms with Crippen LogP contribution in [-0.2, 0) is 9.53 Å². The molecule has 2 rings (SSSR count). The number of carbonyl (C=O) groups excluding carboxylic acids is 1. The number of morpholine rings is 1. The minimum Gasteiger partial charge on any atom is -0.378 e. The van der Waals surface area contributed by atoms with Crippen LogP contribution in [0.2, 0.25) is 0 Å². The van der Waals surface area contributed by atoms with Crippen molar-refractivity contribution in [1.29, 1.82) is 0 Å². The van der Waals surface area contributed by atoms with E-state index < -0.39 is 0 Å². The monoisotopic (exact) mass is 198 g/mol. The Bertz CT molecular complexity index is 220. The molecule has 1 amide bonds. The van der Waals surface area contributed by atoms with E-state index in [1.54, 1.807) is 0 Å². The lowest BCUT2D eigenvalue weighted by atomic mass is 10.1. The third kappa shape index (κ3) is 2.45. The van der Waals surface area contributed by atoms with Gasteiger partial charge in [0.1, 0.15) is 6.04 Å². The minimum absolute atomic E-state index is 0.0813. The first kappa shape index (κ1) is 9.93. The number of hydrogen-bond donors (Lipinski definition) is 2. The van der Waals surface area contributed by atoms with Gasteiger partial charge in [0, 0.05) is 13.1 Å². The summed E-state index contributed by atoms with van der Waals surface area (Å²) in [7, 11) is 0. The zero-order chi connectivity index (χ0) is 10.0. The Morgan fingerprint density at radius 1 is 1.64 bits per heavy atom. The van der Waals surface area contributed by atoms with Crippen molar-refractivity contribution >= 4 is 5.91 Å². The van der Waals surface area contributed by atoms with Gasteiger partial charge >= 0.3 is 0 Å². The molecule has 1 saturated heterocycles. The van der Waals surface area contributed by atoms with Crippen molar-refractivity contribution in [3.05, 3.63) is 0 Å². The van der Waals surface area contributed by atoms with E-state index in [0.29, 0.717) is 18.6 Å². The lowest BCUT2D eigenvalue weighted by Gasteiger charge is -2.23. The van der Waals surface area contributed by atoms with Gasteiger partial charge in [-0.2, -0.15) is 0 Å². The molecule has 0 aromatic carbocycles. The third-order valence-corrected chi connectivity index (χ3v) is 3.03. The molecule has 1 saturated carbocycles. The molecule has 1 atom stereocenters. The Morgan fingerprint density at radius 3 is 3.00 bits per heavy atom. The average Bonchev–Trinajstić information content (AvgIpc) is 2.95. The van der Waals surface area contributed by atoms with Crippen molar-refractivity contribution in [2.45, 2.75) is 25.8 Å². The van der Waals surface area contributed by atoms with Crippen LogP contribution in [-0.4, -0.2) is 38.3 Å². The molecular formula is C10H18N2O2. The Hall–Kier alpha value is -0.610. The molecule has 80 valence electrons. The van der Waals surface area contributed by atoms with Gasteiger partial charge in [-0.05, 0) is 18.3 Å². The largest absolute Gasteiger partial charge is 0.378 e. The molecular weight excluding hydrogens is 180 g/mol. The van der Waals surface area contributed by atoms with Crippen LogP contribution in [0, 0.1) is 5.41 Å². The van der Waals surface area contributed by atoms with E-state index in [9.17, 15) is 4.79 Å². The molecule has 2 fully saturated rings. The molecule has 0 aromatic heterocycles. The molecule has 0 spiro atoms. The fraction of sp³-hybridized carbons (Fsp3) is 0.900. The average molecular weight is 198 g/mol. The van der Waals surface area contributed by atoms with Crippen LogP contribution in [0.5, 0.6) is 0 Å². The second kappa shape index (κ2) is 3.87. The van der Waals surface area contributed by atoms with Crippen LogP contribution in [0.25, 0.3) is 0 Å². The summed E-state index contributed by atoms with van der Waals surface area (Å²) in [6.45, 7) is 5.00. The topological polar surface area (TPSA) is 50.4 Å². The highest BCUT2D eigenvalue weighted by molar-refractivity contribution is 5.82. The van der Waals surface area contributed by atoms with Crippen LogP contribution in [0.3, 0.4) is 0 Å². The van der Waals surface area contributed by atoms with E-state index >= 15 is 0 Å². The second-order valence-electron chi connectivity index (χ2n) is 4.61. The summed E-state index contributed by atoms with van der Waals surface area (Å²) in [5, 5.41) is 6.11. The van der Waals surface area contributed by atoms with Gasteiger partial charge < -0.3 is 15.4 Å². The zero-order valence-corrected chi connectivity index (χ0v) is 8.64. The quantitative estimate of drug-likeness (QED) is 0.665. The highest BCUT2D eigenvalue weighted by Crippen LogP contribution is 2.43. The molecule has 4 heteroatoms. The van der Waals surface area contributed by atoms with Crippen molar-refractivity contribution in [1.82, 2.24) is 10.6 Å². The summed E-state index contributed by atoms with van der Waals surface area (Å²) < 4.78 is 5.23. The van der Waals surface area contributed by atoms with Crippen LogP contribution in [0.1, 0.15) is 19.8 Å². The molecule has 0 aromatic rings. The van der Waals surface area contributed by atoms with Crippen molar-refractivity contribution < 1.29 is 9.53 Å². The minimum atomic E-state index is -0.147. The molecule has 2 N–H and O–H groups in total. The summed E-state index contributed by atoms with van der Waals surface area (Å²) >= 11 is 0. The Balaban J connectivity index is 1.71. The van der Waals surface area contributed by atoms with Gasteiger partial charge in [-0.25, -0.2) is 0 Å². The first-order valence-corrected chi connectivity index (χ1v) is 5.28. The Labute approximate surface area is 84.4 Å². The SMILES string of the molecule is CC1(CNC(=O)[C@H]2COCCN2)CC1. The lowest BCUT2D eigenvalue weighted by molar-refractivity contribution is -0.126. The number of amides is 1. The van der Waals surface area contributed by atoms with E-state index in [0.717, 1.165) is 13.1 Å². The normalized spacial score (nSPS) is 29.6. The number of rotatable bonds is 3. The van der Waals surface area contributed by atoms with E-state index in [1.165, 1.54) is 12.8 Å². The van der Waals surface area contributed by atoms with Gasteiger partial charge in [-0.3, -0.25) is 4.79 Å². The van der Waals surface area contributed by atoms with E-state index in [-0.39, 0.29) is 11.9 Å². The van der Waals surface area contributed by atoms with E-state index in [4.69, 9.17) is 4.74 Å². The zero-order valence-electron chi connectivity index (χ0n) is 8.64. The molecule has 0 radical (unpaired) electrons. The predicted molar refractivity (Wildman–Crippen MR) is 53.0 cm³/mol.